The van der Waals surface area contributed by atoms with Crippen LogP contribution in [0.3, 0.4) is 0 Å². The van der Waals surface area contributed by atoms with Crippen LogP contribution in [-0.4, -0.2) is 62.3 Å². The van der Waals surface area contributed by atoms with Crippen molar-refractivity contribution < 1.29 is 15.0 Å². The van der Waals surface area contributed by atoms with Gasteiger partial charge in [0.15, 0.2) is 5.69 Å². The molecule has 2 rings (SSSR count). The maximum atomic E-state index is 10.6. The molecule has 18 heavy (non-hydrogen) atoms. The average molecular weight is 254 g/mol. The molecule has 1 saturated heterocycles. The van der Waals surface area contributed by atoms with Crippen molar-refractivity contribution >= 4 is 5.97 Å². The summed E-state index contributed by atoms with van der Waals surface area (Å²) in [6, 6.07) is 0. The van der Waals surface area contributed by atoms with Crippen LogP contribution in [0.5, 0.6) is 0 Å². The van der Waals surface area contributed by atoms with E-state index < -0.39 is 5.97 Å². The molecule has 1 aromatic rings. The van der Waals surface area contributed by atoms with E-state index in [4.69, 9.17) is 10.2 Å². The lowest BCUT2D eigenvalue weighted by atomic mass is 10.1. The van der Waals surface area contributed by atoms with Gasteiger partial charge in [-0.25, -0.2) is 4.79 Å². The number of likely N-dealkylation sites (tertiary alicyclic amines) is 1. The zero-order chi connectivity index (χ0) is 13.0. The van der Waals surface area contributed by atoms with Crippen molar-refractivity contribution in [1.29, 1.82) is 0 Å². The first-order valence-electron chi connectivity index (χ1n) is 6.15. The van der Waals surface area contributed by atoms with E-state index in [1.165, 1.54) is 6.20 Å². The van der Waals surface area contributed by atoms with E-state index in [1.807, 2.05) is 0 Å². The number of aromatic nitrogens is 3. The van der Waals surface area contributed by atoms with E-state index in [2.05, 4.69) is 15.2 Å². The Morgan fingerprint density at radius 1 is 1.50 bits per heavy atom. The minimum Gasteiger partial charge on any atom is -0.476 e. The fourth-order valence-electron chi connectivity index (χ4n) is 2.28. The molecule has 0 bridgehead atoms. The zero-order valence-electron chi connectivity index (χ0n) is 10.2. The highest BCUT2D eigenvalue weighted by molar-refractivity contribution is 5.84. The summed E-state index contributed by atoms with van der Waals surface area (Å²) in [6.45, 7) is 3.77. The SMILES string of the molecule is O=C(O)c1cn(CCN2CCC(CCO)C2)nn1. The Hall–Kier alpha value is -1.47. The molecule has 1 aliphatic rings. The van der Waals surface area contributed by atoms with Crippen molar-refractivity contribution in [2.45, 2.75) is 19.4 Å². The number of rotatable bonds is 6. The predicted octanol–water partition coefficient (Wildman–Crippen LogP) is -0.319. The fraction of sp³-hybridized carbons (Fsp3) is 0.727. The Balaban J connectivity index is 1.76. The molecule has 7 nitrogen and oxygen atoms in total. The van der Waals surface area contributed by atoms with Crippen LogP contribution in [-0.2, 0) is 6.54 Å². The predicted molar refractivity (Wildman–Crippen MR) is 63.2 cm³/mol. The molecule has 7 heteroatoms. The third-order valence-electron chi connectivity index (χ3n) is 3.31. The van der Waals surface area contributed by atoms with Gasteiger partial charge in [0.1, 0.15) is 0 Å². The Labute approximate surface area is 105 Å². The van der Waals surface area contributed by atoms with E-state index in [0.717, 1.165) is 32.5 Å². The number of aromatic carboxylic acids is 1. The first kappa shape index (κ1) is 13.0. The highest BCUT2D eigenvalue weighted by atomic mass is 16.4. The molecule has 2 heterocycles. The number of hydrogen-bond acceptors (Lipinski definition) is 5. The third-order valence-corrected chi connectivity index (χ3v) is 3.31. The van der Waals surface area contributed by atoms with Crippen molar-refractivity contribution in [3.63, 3.8) is 0 Å². The number of aliphatic hydroxyl groups is 1. The van der Waals surface area contributed by atoms with Crippen LogP contribution < -0.4 is 0 Å². The minimum absolute atomic E-state index is 0.0189. The molecule has 1 aromatic heterocycles. The van der Waals surface area contributed by atoms with E-state index in [9.17, 15) is 4.79 Å². The summed E-state index contributed by atoms with van der Waals surface area (Å²) in [5, 5.41) is 24.9. The Morgan fingerprint density at radius 2 is 2.33 bits per heavy atom. The molecule has 0 spiro atoms. The maximum absolute atomic E-state index is 10.6. The first-order chi connectivity index (χ1) is 8.69. The summed E-state index contributed by atoms with van der Waals surface area (Å²) in [4.78, 5) is 12.9. The lowest BCUT2D eigenvalue weighted by Gasteiger charge is -2.15. The minimum atomic E-state index is -1.05. The fourth-order valence-corrected chi connectivity index (χ4v) is 2.28. The number of carbonyl (C=O) groups is 1. The highest BCUT2D eigenvalue weighted by Gasteiger charge is 2.21. The van der Waals surface area contributed by atoms with Crippen LogP contribution in [0.15, 0.2) is 6.20 Å². The van der Waals surface area contributed by atoms with E-state index >= 15 is 0 Å². The number of carboxylic acids is 1. The molecule has 0 amide bonds. The van der Waals surface area contributed by atoms with Crippen LogP contribution in [0.2, 0.25) is 0 Å². The highest BCUT2D eigenvalue weighted by Crippen LogP contribution is 2.18. The summed E-state index contributed by atoms with van der Waals surface area (Å²) in [7, 11) is 0. The van der Waals surface area contributed by atoms with Crippen molar-refractivity contribution in [3.05, 3.63) is 11.9 Å². The monoisotopic (exact) mass is 254 g/mol. The second-order valence-electron chi connectivity index (χ2n) is 4.64. The second kappa shape index (κ2) is 5.92. The van der Waals surface area contributed by atoms with Gasteiger partial charge in [-0.3, -0.25) is 4.68 Å². The molecular formula is C11H18N4O3. The molecule has 1 unspecified atom stereocenters. The Bertz CT molecular complexity index is 407. The maximum Gasteiger partial charge on any atom is 0.358 e. The van der Waals surface area contributed by atoms with Crippen molar-refractivity contribution in [2.75, 3.05) is 26.2 Å². The largest absolute Gasteiger partial charge is 0.476 e. The molecule has 100 valence electrons. The van der Waals surface area contributed by atoms with Crippen LogP contribution >= 0.6 is 0 Å². The molecule has 0 aromatic carbocycles. The van der Waals surface area contributed by atoms with Gasteiger partial charge < -0.3 is 15.1 Å². The summed E-state index contributed by atoms with van der Waals surface area (Å²) >= 11 is 0. The lowest BCUT2D eigenvalue weighted by Crippen LogP contribution is -2.25. The van der Waals surface area contributed by atoms with Gasteiger partial charge in [0, 0.05) is 19.7 Å². The van der Waals surface area contributed by atoms with Gasteiger partial charge in [0.2, 0.25) is 0 Å². The number of aliphatic hydroxyl groups excluding tert-OH is 1. The Morgan fingerprint density at radius 3 is 3.00 bits per heavy atom. The van der Waals surface area contributed by atoms with Gasteiger partial charge in [0.25, 0.3) is 0 Å². The summed E-state index contributed by atoms with van der Waals surface area (Å²) in [6.07, 6.45) is 3.44. The van der Waals surface area contributed by atoms with Crippen molar-refractivity contribution in [3.8, 4) is 0 Å². The van der Waals surface area contributed by atoms with Gasteiger partial charge in [0.05, 0.1) is 12.7 Å². The standard InChI is InChI=1S/C11H18N4O3/c16-6-2-9-1-3-14(7-9)4-5-15-8-10(11(17)18)12-13-15/h8-9,16H,1-7H2,(H,17,18). The topological polar surface area (TPSA) is 91.5 Å². The van der Waals surface area contributed by atoms with Gasteiger partial charge in [-0.15, -0.1) is 5.10 Å². The molecule has 1 aliphatic heterocycles. The lowest BCUT2D eigenvalue weighted by molar-refractivity contribution is 0.0690. The molecular weight excluding hydrogens is 236 g/mol. The quantitative estimate of drug-likeness (QED) is 0.723. The third kappa shape index (κ3) is 3.27. The molecule has 2 N–H and O–H groups in total. The molecule has 0 aliphatic carbocycles. The van der Waals surface area contributed by atoms with Gasteiger partial charge in [-0.2, -0.15) is 0 Å². The van der Waals surface area contributed by atoms with Gasteiger partial charge >= 0.3 is 5.97 Å². The average Bonchev–Trinajstić information content (AvgIpc) is 2.95. The number of carboxylic acid groups (broad SMARTS) is 1. The molecule has 1 atom stereocenters. The van der Waals surface area contributed by atoms with E-state index in [0.29, 0.717) is 12.5 Å². The number of nitrogens with zero attached hydrogens (tertiary/aromatic N) is 4. The smallest absolute Gasteiger partial charge is 0.358 e. The molecule has 0 radical (unpaired) electrons. The van der Waals surface area contributed by atoms with E-state index in [1.54, 1.807) is 4.68 Å². The van der Waals surface area contributed by atoms with Gasteiger partial charge in [-0.1, -0.05) is 5.21 Å². The summed E-state index contributed by atoms with van der Waals surface area (Å²) < 4.78 is 1.56. The summed E-state index contributed by atoms with van der Waals surface area (Å²) in [5.41, 5.74) is -0.0189. The summed E-state index contributed by atoms with van der Waals surface area (Å²) in [5.74, 6) is -0.467. The van der Waals surface area contributed by atoms with Gasteiger partial charge in [-0.05, 0) is 25.3 Å². The number of hydrogen-bond donors (Lipinski definition) is 2. The van der Waals surface area contributed by atoms with Crippen LogP contribution in [0.1, 0.15) is 23.3 Å². The van der Waals surface area contributed by atoms with Crippen LogP contribution in [0.25, 0.3) is 0 Å². The molecule has 0 saturated carbocycles. The normalized spacial score (nSPS) is 20.4. The molecule has 1 fully saturated rings. The van der Waals surface area contributed by atoms with Crippen LogP contribution in [0.4, 0.5) is 0 Å². The second-order valence-corrected chi connectivity index (χ2v) is 4.64. The van der Waals surface area contributed by atoms with Crippen molar-refractivity contribution in [1.82, 2.24) is 19.9 Å². The van der Waals surface area contributed by atoms with Crippen LogP contribution in [0, 0.1) is 5.92 Å². The Kier molecular flexibility index (Phi) is 4.27. The zero-order valence-corrected chi connectivity index (χ0v) is 10.2. The first-order valence-corrected chi connectivity index (χ1v) is 6.15. The van der Waals surface area contributed by atoms with Crippen molar-refractivity contribution in [2.24, 2.45) is 5.92 Å². The van der Waals surface area contributed by atoms with E-state index in [-0.39, 0.29) is 12.3 Å².